The highest BCUT2D eigenvalue weighted by molar-refractivity contribution is 6.17. The molecule has 0 aliphatic carbocycles. The van der Waals surface area contributed by atoms with Crippen molar-refractivity contribution in [3.05, 3.63) is 194 Å². The molecule has 11 rings (SSSR count). The van der Waals surface area contributed by atoms with Crippen LogP contribution in [0.3, 0.4) is 0 Å². The van der Waals surface area contributed by atoms with Gasteiger partial charge in [0, 0.05) is 38.7 Å². The Bertz CT molecular complexity index is 3230. The molecule has 57 heavy (non-hydrogen) atoms. The topological polar surface area (TPSA) is 68.2 Å². The number of hydrogen-bond donors (Lipinski definition) is 0. The van der Waals surface area contributed by atoms with E-state index in [9.17, 15) is 0 Å². The third-order valence-electron chi connectivity index (χ3n) is 10.5. The lowest BCUT2D eigenvalue weighted by Gasteiger charge is -2.26. The average molecular weight is 733 g/mol. The molecule has 0 amide bonds. The first-order chi connectivity index (χ1) is 28.2. The second kappa shape index (κ2) is 13.5. The first-order valence-electron chi connectivity index (χ1n) is 18.9. The molecule has 0 aliphatic heterocycles. The SMILES string of the molecule is c1ccc(-c2ccc(N(c3ccccc3)c3ccc(-c4nc(-c5ccccc5)nc(-c5ccc6c(c5)oc5ccccc56)n4)c4oc5ccccc5c34)cc2)cc1. The van der Waals surface area contributed by atoms with Crippen molar-refractivity contribution in [1.29, 1.82) is 0 Å². The molecule has 0 bridgehead atoms. The van der Waals surface area contributed by atoms with Crippen molar-refractivity contribution < 1.29 is 8.83 Å². The molecule has 0 saturated heterocycles. The number of furan rings is 2. The van der Waals surface area contributed by atoms with Gasteiger partial charge in [0.05, 0.1) is 16.6 Å². The summed E-state index contributed by atoms with van der Waals surface area (Å²) >= 11 is 0. The van der Waals surface area contributed by atoms with E-state index in [0.717, 1.165) is 77.6 Å². The minimum atomic E-state index is 0.512. The van der Waals surface area contributed by atoms with Crippen LogP contribution in [0.1, 0.15) is 0 Å². The molecule has 8 aromatic carbocycles. The average Bonchev–Trinajstić information content (AvgIpc) is 3.86. The first kappa shape index (κ1) is 32.6. The maximum Gasteiger partial charge on any atom is 0.167 e. The van der Waals surface area contributed by atoms with Crippen molar-refractivity contribution in [2.75, 3.05) is 4.90 Å². The Hall–Kier alpha value is -7.83. The molecule has 3 heterocycles. The Labute approximate surface area is 328 Å². The van der Waals surface area contributed by atoms with E-state index in [4.69, 9.17) is 23.8 Å². The molecular formula is C51H32N4O2. The van der Waals surface area contributed by atoms with Crippen molar-refractivity contribution >= 4 is 60.9 Å². The van der Waals surface area contributed by atoms with Gasteiger partial charge in [-0.3, -0.25) is 0 Å². The standard InChI is InChI=1S/C51H32N4O2/c1-4-14-33(15-5-1)34-24-27-38(28-25-34)55(37-18-8-3-9-19-37)43-31-30-42(48-47(43)41-21-11-13-23-45(41)57-48)51-53-49(35-16-6-2-7-17-35)52-50(54-51)36-26-29-40-39-20-10-12-22-44(39)56-46(40)32-36/h1-32H. The molecule has 6 heteroatoms. The maximum absolute atomic E-state index is 6.82. The molecule has 0 N–H and O–H groups in total. The van der Waals surface area contributed by atoms with Gasteiger partial charge in [-0.1, -0.05) is 133 Å². The zero-order valence-corrected chi connectivity index (χ0v) is 30.6. The number of nitrogens with zero attached hydrogens (tertiary/aromatic N) is 4. The second-order valence-corrected chi connectivity index (χ2v) is 14.0. The molecule has 0 saturated carbocycles. The van der Waals surface area contributed by atoms with Gasteiger partial charge in [0.25, 0.3) is 0 Å². The maximum atomic E-state index is 6.82. The number of rotatable bonds is 7. The molecule has 268 valence electrons. The summed E-state index contributed by atoms with van der Waals surface area (Å²) in [6.07, 6.45) is 0. The van der Waals surface area contributed by atoms with E-state index in [1.54, 1.807) is 0 Å². The summed E-state index contributed by atoms with van der Waals surface area (Å²) < 4.78 is 13.1. The normalized spacial score (nSPS) is 11.5. The van der Waals surface area contributed by atoms with E-state index in [0.29, 0.717) is 23.1 Å². The number of fused-ring (bicyclic) bond motifs is 6. The van der Waals surface area contributed by atoms with Crippen LogP contribution in [-0.4, -0.2) is 15.0 Å². The smallest absolute Gasteiger partial charge is 0.167 e. The lowest BCUT2D eigenvalue weighted by Crippen LogP contribution is -2.10. The second-order valence-electron chi connectivity index (χ2n) is 14.0. The van der Waals surface area contributed by atoms with Crippen LogP contribution in [0.2, 0.25) is 0 Å². The van der Waals surface area contributed by atoms with E-state index < -0.39 is 0 Å². The number of para-hydroxylation sites is 3. The van der Waals surface area contributed by atoms with Crippen LogP contribution in [0, 0.1) is 0 Å². The fourth-order valence-corrected chi connectivity index (χ4v) is 7.82. The summed E-state index contributed by atoms with van der Waals surface area (Å²) in [5.74, 6) is 1.62. The molecule has 0 spiro atoms. The monoisotopic (exact) mass is 732 g/mol. The minimum absolute atomic E-state index is 0.512. The van der Waals surface area contributed by atoms with Gasteiger partial charge in [-0.15, -0.1) is 0 Å². The van der Waals surface area contributed by atoms with Crippen molar-refractivity contribution in [3.63, 3.8) is 0 Å². The Morgan fingerprint density at radius 3 is 1.61 bits per heavy atom. The van der Waals surface area contributed by atoms with Crippen LogP contribution in [0.4, 0.5) is 17.1 Å². The molecule has 0 unspecified atom stereocenters. The summed E-state index contributed by atoms with van der Waals surface area (Å²) in [7, 11) is 0. The number of benzene rings is 8. The molecule has 0 atom stereocenters. The molecule has 0 radical (unpaired) electrons. The van der Waals surface area contributed by atoms with Crippen molar-refractivity contribution in [3.8, 4) is 45.3 Å². The summed E-state index contributed by atoms with van der Waals surface area (Å²) in [6, 6.07) is 66.3. The van der Waals surface area contributed by atoms with Crippen molar-refractivity contribution in [2.45, 2.75) is 0 Å². The van der Waals surface area contributed by atoms with E-state index in [1.165, 1.54) is 5.56 Å². The van der Waals surface area contributed by atoms with Crippen LogP contribution in [0.15, 0.2) is 203 Å². The van der Waals surface area contributed by atoms with Gasteiger partial charge in [0.15, 0.2) is 17.5 Å². The molecule has 3 aromatic heterocycles. The van der Waals surface area contributed by atoms with Crippen molar-refractivity contribution in [1.82, 2.24) is 15.0 Å². The van der Waals surface area contributed by atoms with E-state index in [1.807, 2.05) is 78.9 Å². The predicted octanol–water partition coefficient (Wildman–Crippen LogP) is 13.8. The summed E-state index contributed by atoms with van der Waals surface area (Å²) in [5.41, 5.74) is 10.9. The third-order valence-corrected chi connectivity index (χ3v) is 10.5. The van der Waals surface area contributed by atoms with Gasteiger partial charge < -0.3 is 13.7 Å². The quantitative estimate of drug-likeness (QED) is 0.162. The fourth-order valence-electron chi connectivity index (χ4n) is 7.82. The van der Waals surface area contributed by atoms with Crippen LogP contribution < -0.4 is 4.90 Å². The fraction of sp³-hybridized carbons (Fsp3) is 0. The Morgan fingerprint density at radius 1 is 0.351 bits per heavy atom. The van der Waals surface area contributed by atoms with E-state index in [-0.39, 0.29) is 0 Å². The van der Waals surface area contributed by atoms with Crippen LogP contribution in [0.5, 0.6) is 0 Å². The van der Waals surface area contributed by atoms with Gasteiger partial charge in [-0.05, 0) is 71.8 Å². The molecule has 11 aromatic rings. The van der Waals surface area contributed by atoms with E-state index >= 15 is 0 Å². The molecular weight excluding hydrogens is 701 g/mol. The summed E-state index contributed by atoms with van der Waals surface area (Å²) in [6.45, 7) is 0. The van der Waals surface area contributed by atoms with Crippen LogP contribution in [0.25, 0.3) is 89.2 Å². The summed E-state index contributed by atoms with van der Waals surface area (Å²) in [4.78, 5) is 17.6. The highest BCUT2D eigenvalue weighted by Crippen LogP contribution is 2.46. The Balaban J connectivity index is 1.12. The first-order valence-corrected chi connectivity index (χ1v) is 18.9. The van der Waals surface area contributed by atoms with Crippen LogP contribution >= 0.6 is 0 Å². The molecule has 6 nitrogen and oxygen atoms in total. The van der Waals surface area contributed by atoms with Gasteiger partial charge in [-0.2, -0.15) is 0 Å². The van der Waals surface area contributed by atoms with Gasteiger partial charge >= 0.3 is 0 Å². The highest BCUT2D eigenvalue weighted by Gasteiger charge is 2.24. The largest absolute Gasteiger partial charge is 0.456 e. The zero-order chi connectivity index (χ0) is 37.7. The lowest BCUT2D eigenvalue weighted by atomic mass is 10.0. The number of hydrogen-bond acceptors (Lipinski definition) is 6. The highest BCUT2D eigenvalue weighted by atomic mass is 16.3. The zero-order valence-electron chi connectivity index (χ0n) is 30.6. The minimum Gasteiger partial charge on any atom is -0.456 e. The predicted molar refractivity (Wildman–Crippen MR) is 231 cm³/mol. The summed E-state index contributed by atoms with van der Waals surface area (Å²) in [5, 5.41) is 4.08. The van der Waals surface area contributed by atoms with Gasteiger partial charge in [0.1, 0.15) is 22.3 Å². The molecule has 0 aliphatic rings. The van der Waals surface area contributed by atoms with Crippen LogP contribution in [-0.2, 0) is 0 Å². The number of aromatic nitrogens is 3. The van der Waals surface area contributed by atoms with Crippen molar-refractivity contribution in [2.24, 2.45) is 0 Å². The number of anilines is 3. The Morgan fingerprint density at radius 2 is 0.877 bits per heavy atom. The third kappa shape index (κ3) is 5.70. The molecule has 0 fully saturated rings. The van der Waals surface area contributed by atoms with E-state index in [2.05, 4.69) is 120 Å². The van der Waals surface area contributed by atoms with Gasteiger partial charge in [-0.25, -0.2) is 15.0 Å². The Kier molecular flexibility index (Phi) is 7.71. The van der Waals surface area contributed by atoms with Gasteiger partial charge in [0.2, 0.25) is 0 Å². The lowest BCUT2D eigenvalue weighted by molar-refractivity contribution is 0.668.